The summed E-state index contributed by atoms with van der Waals surface area (Å²) in [6, 6.07) is 0. The highest BCUT2D eigenvalue weighted by molar-refractivity contribution is 7.14. The number of hydrogen-bond donors (Lipinski definition) is 2. The molecule has 2 aromatic heterocycles. The molecule has 8 heteroatoms. The number of esters is 1. The maximum absolute atomic E-state index is 12.3. The van der Waals surface area contributed by atoms with Crippen LogP contribution in [0, 0.1) is 0 Å². The van der Waals surface area contributed by atoms with Gasteiger partial charge >= 0.3 is 5.97 Å². The Kier molecular flexibility index (Phi) is 4.19. The number of nitrogens with zero attached hydrogens (tertiary/aromatic N) is 2. The molecule has 3 rings (SSSR count). The molecular weight excluding hydrogens is 304 g/mol. The predicted octanol–water partition coefficient (Wildman–Crippen LogP) is 2.17. The summed E-state index contributed by atoms with van der Waals surface area (Å²) in [6.45, 7) is 2.02. The van der Waals surface area contributed by atoms with Crippen LogP contribution in [0.2, 0.25) is 0 Å². The Hall–Kier alpha value is -2.22. The van der Waals surface area contributed by atoms with Crippen LogP contribution in [0.15, 0.2) is 5.38 Å². The first kappa shape index (κ1) is 14.7. The van der Waals surface area contributed by atoms with Crippen LogP contribution < -0.4 is 5.32 Å². The van der Waals surface area contributed by atoms with Gasteiger partial charge in [-0.2, -0.15) is 5.10 Å². The highest BCUT2D eigenvalue weighted by Gasteiger charge is 2.22. The van der Waals surface area contributed by atoms with E-state index in [0.717, 1.165) is 36.9 Å². The summed E-state index contributed by atoms with van der Waals surface area (Å²) in [5.74, 6) is -0.791. The molecule has 22 heavy (non-hydrogen) atoms. The van der Waals surface area contributed by atoms with Gasteiger partial charge in [-0.3, -0.25) is 15.2 Å². The van der Waals surface area contributed by atoms with Gasteiger partial charge in [0.25, 0.3) is 5.91 Å². The molecule has 1 amide bonds. The predicted molar refractivity (Wildman–Crippen MR) is 81.3 cm³/mol. The van der Waals surface area contributed by atoms with Crippen LogP contribution in [0.4, 0.5) is 5.13 Å². The summed E-state index contributed by atoms with van der Waals surface area (Å²) >= 11 is 1.18. The quantitative estimate of drug-likeness (QED) is 0.842. The normalized spacial score (nSPS) is 13.5. The number of aromatic amines is 1. The minimum absolute atomic E-state index is 0.200. The number of H-pyrrole nitrogens is 1. The molecule has 0 saturated heterocycles. The van der Waals surface area contributed by atoms with Gasteiger partial charge in [0, 0.05) is 16.6 Å². The van der Waals surface area contributed by atoms with E-state index < -0.39 is 5.97 Å². The van der Waals surface area contributed by atoms with Crippen LogP contribution in [-0.2, 0) is 17.6 Å². The fourth-order valence-electron chi connectivity index (χ4n) is 2.45. The van der Waals surface area contributed by atoms with Crippen molar-refractivity contribution in [2.75, 3.05) is 11.9 Å². The number of ether oxygens (including phenoxy) is 1. The Morgan fingerprint density at radius 2 is 2.23 bits per heavy atom. The zero-order valence-electron chi connectivity index (χ0n) is 12.1. The smallest absolute Gasteiger partial charge is 0.357 e. The van der Waals surface area contributed by atoms with Crippen LogP contribution in [0.1, 0.15) is 52.0 Å². The summed E-state index contributed by atoms with van der Waals surface area (Å²) in [5, 5.41) is 11.7. The van der Waals surface area contributed by atoms with Crippen LogP contribution >= 0.6 is 11.3 Å². The largest absolute Gasteiger partial charge is 0.461 e. The van der Waals surface area contributed by atoms with Crippen LogP contribution in [0.25, 0.3) is 0 Å². The lowest BCUT2D eigenvalue weighted by Crippen LogP contribution is -2.15. The molecule has 0 saturated carbocycles. The van der Waals surface area contributed by atoms with Crippen LogP contribution in [0.3, 0.4) is 0 Å². The van der Waals surface area contributed by atoms with E-state index in [4.69, 9.17) is 4.74 Å². The Labute approximate surface area is 131 Å². The monoisotopic (exact) mass is 320 g/mol. The average molecular weight is 320 g/mol. The molecule has 0 aromatic carbocycles. The van der Waals surface area contributed by atoms with Gasteiger partial charge < -0.3 is 4.74 Å². The van der Waals surface area contributed by atoms with Crippen molar-refractivity contribution in [3.05, 3.63) is 28.0 Å². The SMILES string of the molecule is CCOC(=O)c1csc(NC(=O)c2n[nH]c3c2CCCC3)n1. The Morgan fingerprint density at radius 3 is 3.05 bits per heavy atom. The van der Waals surface area contributed by atoms with Crippen molar-refractivity contribution in [2.24, 2.45) is 0 Å². The minimum Gasteiger partial charge on any atom is -0.461 e. The number of amides is 1. The third kappa shape index (κ3) is 2.87. The third-order valence-electron chi connectivity index (χ3n) is 3.48. The lowest BCUT2D eigenvalue weighted by molar-refractivity contribution is 0.0520. The number of thiazole rings is 1. The van der Waals surface area contributed by atoms with Crippen molar-refractivity contribution in [1.29, 1.82) is 0 Å². The number of carbonyl (C=O) groups excluding carboxylic acids is 2. The molecule has 2 aromatic rings. The van der Waals surface area contributed by atoms with Gasteiger partial charge in [0.05, 0.1) is 6.61 Å². The van der Waals surface area contributed by atoms with Gasteiger partial charge in [0.1, 0.15) is 0 Å². The van der Waals surface area contributed by atoms with E-state index in [1.165, 1.54) is 11.3 Å². The standard InChI is InChI=1S/C14H16N4O3S/c1-2-21-13(20)10-7-22-14(15-10)16-12(19)11-8-5-3-4-6-9(8)17-18-11/h7H,2-6H2,1H3,(H,17,18)(H,15,16,19). The zero-order chi connectivity index (χ0) is 15.5. The molecule has 0 bridgehead atoms. The molecule has 0 fully saturated rings. The molecular formula is C14H16N4O3S. The number of nitrogens with one attached hydrogen (secondary N) is 2. The summed E-state index contributed by atoms with van der Waals surface area (Å²) < 4.78 is 4.87. The molecule has 1 aliphatic rings. The summed E-state index contributed by atoms with van der Waals surface area (Å²) in [7, 11) is 0. The molecule has 0 atom stereocenters. The Morgan fingerprint density at radius 1 is 1.41 bits per heavy atom. The van der Waals surface area contributed by atoms with Crippen molar-refractivity contribution in [3.8, 4) is 0 Å². The van der Waals surface area contributed by atoms with Crippen molar-refractivity contribution in [1.82, 2.24) is 15.2 Å². The van der Waals surface area contributed by atoms with Gasteiger partial charge in [0.15, 0.2) is 16.5 Å². The average Bonchev–Trinajstić information content (AvgIpc) is 3.14. The first-order chi connectivity index (χ1) is 10.7. The van der Waals surface area contributed by atoms with Gasteiger partial charge in [-0.05, 0) is 32.6 Å². The van der Waals surface area contributed by atoms with E-state index in [9.17, 15) is 9.59 Å². The second-order valence-electron chi connectivity index (χ2n) is 4.95. The second kappa shape index (κ2) is 6.27. The second-order valence-corrected chi connectivity index (χ2v) is 5.81. The summed E-state index contributed by atoms with van der Waals surface area (Å²) in [4.78, 5) is 27.9. The highest BCUT2D eigenvalue weighted by Crippen LogP contribution is 2.23. The summed E-state index contributed by atoms with van der Waals surface area (Å²) in [6.07, 6.45) is 3.98. The molecule has 0 radical (unpaired) electrons. The number of rotatable bonds is 4. The maximum Gasteiger partial charge on any atom is 0.357 e. The van der Waals surface area contributed by atoms with E-state index in [0.29, 0.717) is 10.8 Å². The van der Waals surface area contributed by atoms with Crippen molar-refractivity contribution in [3.63, 3.8) is 0 Å². The van der Waals surface area contributed by atoms with E-state index in [-0.39, 0.29) is 18.2 Å². The van der Waals surface area contributed by atoms with Crippen molar-refractivity contribution >= 4 is 28.3 Å². The molecule has 0 unspecified atom stereocenters. The molecule has 7 nitrogen and oxygen atoms in total. The lowest BCUT2D eigenvalue weighted by atomic mass is 9.96. The number of fused-ring (bicyclic) bond motifs is 1. The van der Waals surface area contributed by atoms with Gasteiger partial charge in [0.2, 0.25) is 0 Å². The molecule has 1 aliphatic carbocycles. The van der Waals surface area contributed by atoms with E-state index >= 15 is 0 Å². The molecule has 2 N–H and O–H groups in total. The van der Waals surface area contributed by atoms with E-state index in [1.807, 2.05) is 0 Å². The number of hydrogen-bond acceptors (Lipinski definition) is 6. The Bertz CT molecular complexity index is 707. The first-order valence-corrected chi connectivity index (χ1v) is 8.07. The van der Waals surface area contributed by atoms with E-state index in [1.54, 1.807) is 12.3 Å². The van der Waals surface area contributed by atoms with E-state index in [2.05, 4.69) is 20.5 Å². The fourth-order valence-corrected chi connectivity index (χ4v) is 3.13. The molecule has 0 aliphatic heterocycles. The Balaban J connectivity index is 1.72. The van der Waals surface area contributed by atoms with Gasteiger partial charge in [-0.1, -0.05) is 0 Å². The third-order valence-corrected chi connectivity index (χ3v) is 4.24. The van der Waals surface area contributed by atoms with Crippen molar-refractivity contribution < 1.29 is 14.3 Å². The molecule has 116 valence electrons. The van der Waals surface area contributed by atoms with Crippen LogP contribution in [-0.4, -0.2) is 33.7 Å². The number of aromatic nitrogens is 3. The number of anilines is 1. The summed E-state index contributed by atoms with van der Waals surface area (Å²) in [5.41, 5.74) is 2.66. The topological polar surface area (TPSA) is 97.0 Å². The van der Waals surface area contributed by atoms with Gasteiger partial charge in [-0.25, -0.2) is 9.78 Å². The minimum atomic E-state index is -0.489. The lowest BCUT2D eigenvalue weighted by Gasteiger charge is -2.10. The molecule has 0 spiro atoms. The first-order valence-electron chi connectivity index (χ1n) is 7.19. The number of aryl methyl sites for hydroxylation is 1. The maximum atomic E-state index is 12.3. The number of carbonyl (C=O) groups is 2. The van der Waals surface area contributed by atoms with Crippen LogP contribution in [0.5, 0.6) is 0 Å². The fraction of sp³-hybridized carbons (Fsp3) is 0.429. The zero-order valence-corrected chi connectivity index (χ0v) is 13.0. The van der Waals surface area contributed by atoms with Crippen molar-refractivity contribution in [2.45, 2.75) is 32.6 Å². The van der Waals surface area contributed by atoms with Gasteiger partial charge in [-0.15, -0.1) is 11.3 Å². The highest BCUT2D eigenvalue weighted by atomic mass is 32.1. The molecule has 2 heterocycles.